The van der Waals surface area contributed by atoms with Crippen LogP contribution in [0, 0.1) is 5.82 Å². The van der Waals surface area contributed by atoms with Gasteiger partial charge in [0.25, 0.3) is 5.91 Å². The van der Waals surface area contributed by atoms with E-state index in [1.54, 1.807) is 23.1 Å². The number of rotatable bonds is 2. The quantitative estimate of drug-likeness (QED) is 0.787. The smallest absolute Gasteiger partial charge is 0.278 e. The molecular weight excluding hydrogens is 293 g/mol. The summed E-state index contributed by atoms with van der Waals surface area (Å²) in [4.78, 5) is 20.9. The molecule has 2 aliphatic rings. The topological polar surface area (TPSA) is 35.9 Å². The van der Waals surface area contributed by atoms with Crippen molar-refractivity contribution in [2.45, 2.75) is 19.3 Å². The minimum absolute atomic E-state index is 0.0733. The van der Waals surface area contributed by atoms with E-state index in [-0.39, 0.29) is 11.7 Å². The number of carbonyl (C=O) groups is 1. The Kier molecular flexibility index (Phi) is 4.28. The molecule has 1 saturated heterocycles. The second-order valence-electron chi connectivity index (χ2n) is 6.05. The van der Waals surface area contributed by atoms with Crippen LogP contribution >= 0.6 is 0 Å². The van der Waals surface area contributed by atoms with E-state index in [0.717, 1.165) is 36.2 Å². The Morgan fingerprint density at radius 2 is 1.96 bits per heavy atom. The van der Waals surface area contributed by atoms with E-state index >= 15 is 0 Å². The largest absolute Gasteiger partial charge is 0.383 e. The van der Waals surface area contributed by atoms with Gasteiger partial charge in [-0.15, -0.1) is 0 Å². The van der Waals surface area contributed by atoms with Crippen LogP contribution in [-0.2, 0) is 4.79 Å². The molecule has 0 saturated carbocycles. The molecule has 0 aliphatic carbocycles. The molecule has 120 valence electrons. The second-order valence-corrected chi connectivity index (χ2v) is 6.05. The highest BCUT2D eigenvalue weighted by molar-refractivity contribution is 6.19. The van der Waals surface area contributed by atoms with Crippen molar-refractivity contribution in [1.29, 1.82) is 0 Å². The lowest BCUT2D eigenvalue weighted by Crippen LogP contribution is -2.32. The van der Waals surface area contributed by atoms with Gasteiger partial charge < -0.3 is 4.90 Å². The molecule has 1 fully saturated rings. The van der Waals surface area contributed by atoms with E-state index in [0.29, 0.717) is 12.2 Å². The van der Waals surface area contributed by atoms with Crippen molar-refractivity contribution in [1.82, 2.24) is 9.80 Å². The summed E-state index contributed by atoms with van der Waals surface area (Å²) in [7, 11) is 3.93. The first kappa shape index (κ1) is 15.5. The number of amides is 1. The van der Waals surface area contributed by atoms with Gasteiger partial charge in [-0.3, -0.25) is 9.69 Å². The molecule has 1 amide bonds. The van der Waals surface area contributed by atoms with Gasteiger partial charge >= 0.3 is 0 Å². The zero-order valence-corrected chi connectivity index (χ0v) is 13.4. The van der Waals surface area contributed by atoms with Crippen LogP contribution in [0.1, 0.15) is 24.8 Å². The van der Waals surface area contributed by atoms with Crippen molar-refractivity contribution in [3.63, 3.8) is 0 Å². The van der Waals surface area contributed by atoms with E-state index in [9.17, 15) is 9.18 Å². The molecule has 2 aliphatic heterocycles. The summed E-state index contributed by atoms with van der Waals surface area (Å²) in [5, 5.41) is 0. The van der Waals surface area contributed by atoms with Crippen molar-refractivity contribution in [2.75, 3.05) is 20.6 Å². The minimum Gasteiger partial charge on any atom is -0.383 e. The summed E-state index contributed by atoms with van der Waals surface area (Å²) in [6.45, 7) is 0.698. The molecule has 5 heteroatoms. The highest BCUT2D eigenvalue weighted by atomic mass is 19.1. The number of aliphatic imine (C=N–C) groups is 1. The zero-order valence-electron chi connectivity index (χ0n) is 13.4. The van der Waals surface area contributed by atoms with Gasteiger partial charge in [0, 0.05) is 32.4 Å². The molecule has 0 aromatic heterocycles. The van der Waals surface area contributed by atoms with E-state index in [1.165, 1.54) is 12.1 Å². The monoisotopic (exact) mass is 313 g/mol. The Morgan fingerprint density at radius 1 is 1.22 bits per heavy atom. The average Bonchev–Trinajstić information content (AvgIpc) is 2.68. The fourth-order valence-corrected chi connectivity index (χ4v) is 2.85. The van der Waals surface area contributed by atoms with E-state index in [4.69, 9.17) is 0 Å². The number of benzene rings is 1. The van der Waals surface area contributed by atoms with Gasteiger partial charge in [-0.25, -0.2) is 9.38 Å². The number of carbonyl (C=O) groups excluding carboxylic acids is 1. The second kappa shape index (κ2) is 6.36. The van der Waals surface area contributed by atoms with Gasteiger partial charge in [0.15, 0.2) is 0 Å². The fraction of sp³-hybridized carbons (Fsp3) is 0.333. The molecule has 3 rings (SSSR count). The molecule has 4 nitrogen and oxygen atoms in total. The molecule has 23 heavy (non-hydrogen) atoms. The molecule has 0 bridgehead atoms. The Bertz CT molecular complexity index is 701. The van der Waals surface area contributed by atoms with Crippen LogP contribution in [0.4, 0.5) is 4.39 Å². The maximum Gasteiger partial charge on any atom is 0.278 e. The SMILES string of the molecule is CN(C)C=C1CCCCN2C(=O)C(=Cc3ccc(F)cc3)N=C12. The molecule has 1 aromatic rings. The van der Waals surface area contributed by atoms with Crippen molar-refractivity contribution < 1.29 is 9.18 Å². The van der Waals surface area contributed by atoms with Crippen LogP contribution in [0.25, 0.3) is 6.08 Å². The molecule has 0 atom stereocenters. The summed E-state index contributed by atoms with van der Waals surface area (Å²) >= 11 is 0. The van der Waals surface area contributed by atoms with Crippen molar-refractivity contribution in [3.05, 3.63) is 53.1 Å². The predicted molar refractivity (Wildman–Crippen MR) is 89.1 cm³/mol. The Balaban J connectivity index is 1.98. The first-order valence-corrected chi connectivity index (χ1v) is 7.80. The summed E-state index contributed by atoms with van der Waals surface area (Å²) in [6.07, 6.45) is 6.70. The van der Waals surface area contributed by atoms with Gasteiger partial charge in [-0.2, -0.15) is 0 Å². The maximum absolute atomic E-state index is 13.0. The van der Waals surface area contributed by atoms with Gasteiger partial charge in [-0.05, 0) is 43.0 Å². The minimum atomic E-state index is -0.290. The third-order valence-electron chi connectivity index (χ3n) is 3.90. The fourth-order valence-electron chi connectivity index (χ4n) is 2.85. The zero-order chi connectivity index (χ0) is 16.4. The number of hydrogen-bond acceptors (Lipinski definition) is 3. The number of halogens is 1. The Morgan fingerprint density at radius 3 is 2.65 bits per heavy atom. The first-order chi connectivity index (χ1) is 11.0. The molecule has 0 spiro atoms. The normalized spacial score (nSPS) is 21.4. The number of hydrogen-bond donors (Lipinski definition) is 0. The molecule has 1 aromatic carbocycles. The third kappa shape index (κ3) is 3.33. The van der Waals surface area contributed by atoms with Crippen LogP contribution in [0.5, 0.6) is 0 Å². The highest BCUT2D eigenvalue weighted by Gasteiger charge is 2.33. The van der Waals surface area contributed by atoms with Crippen LogP contribution in [0.2, 0.25) is 0 Å². The number of amidine groups is 1. The van der Waals surface area contributed by atoms with Crippen LogP contribution in [0.15, 0.2) is 46.7 Å². The maximum atomic E-state index is 13.0. The molecule has 2 heterocycles. The van der Waals surface area contributed by atoms with Gasteiger partial charge in [0.2, 0.25) is 0 Å². The summed E-state index contributed by atoms with van der Waals surface area (Å²) in [5.41, 5.74) is 2.27. The van der Waals surface area contributed by atoms with E-state index in [2.05, 4.69) is 4.99 Å². The van der Waals surface area contributed by atoms with Crippen LogP contribution < -0.4 is 0 Å². The highest BCUT2D eigenvalue weighted by Crippen LogP contribution is 2.27. The number of fused-ring (bicyclic) bond motifs is 1. The predicted octanol–water partition coefficient (Wildman–Crippen LogP) is 3.04. The Hall–Kier alpha value is -2.43. The molecule has 0 radical (unpaired) electrons. The average molecular weight is 313 g/mol. The lowest BCUT2D eigenvalue weighted by molar-refractivity contribution is -0.122. The lowest BCUT2D eigenvalue weighted by Gasteiger charge is -2.17. The summed E-state index contributed by atoms with van der Waals surface area (Å²) in [5.74, 6) is 0.395. The van der Waals surface area contributed by atoms with E-state index < -0.39 is 0 Å². The summed E-state index contributed by atoms with van der Waals surface area (Å²) < 4.78 is 13.0. The first-order valence-electron chi connectivity index (χ1n) is 7.80. The van der Waals surface area contributed by atoms with Crippen LogP contribution in [-0.4, -0.2) is 42.2 Å². The van der Waals surface area contributed by atoms with Gasteiger partial charge in [0.1, 0.15) is 17.3 Å². The standard InChI is InChI=1S/C18H20FN3O/c1-21(2)12-14-5-3-4-10-22-17(14)20-16(18(22)23)11-13-6-8-15(19)9-7-13/h6-9,11-12H,3-5,10H2,1-2H3. The van der Waals surface area contributed by atoms with Gasteiger partial charge in [0.05, 0.1) is 0 Å². The third-order valence-corrected chi connectivity index (χ3v) is 3.90. The van der Waals surface area contributed by atoms with Gasteiger partial charge in [-0.1, -0.05) is 12.1 Å². The summed E-state index contributed by atoms with van der Waals surface area (Å²) in [6, 6.07) is 6.06. The molecular formula is C18H20FN3O. The molecule has 0 unspecified atom stereocenters. The lowest BCUT2D eigenvalue weighted by atomic mass is 10.1. The molecule has 0 N–H and O–H groups in total. The van der Waals surface area contributed by atoms with E-state index in [1.807, 2.05) is 25.2 Å². The Labute approximate surface area is 135 Å². The van der Waals surface area contributed by atoms with Crippen molar-refractivity contribution in [3.8, 4) is 0 Å². The van der Waals surface area contributed by atoms with Crippen molar-refractivity contribution >= 4 is 17.8 Å². The van der Waals surface area contributed by atoms with Crippen molar-refractivity contribution in [2.24, 2.45) is 4.99 Å². The van der Waals surface area contributed by atoms with Crippen LogP contribution in [0.3, 0.4) is 0 Å². The number of nitrogens with zero attached hydrogens (tertiary/aromatic N) is 3.